The Morgan fingerprint density at radius 2 is 1.77 bits per heavy atom. The van der Waals surface area contributed by atoms with Gasteiger partial charge in [-0.15, -0.1) is 0 Å². The molecule has 0 saturated heterocycles. The van der Waals surface area contributed by atoms with E-state index in [1.807, 2.05) is 0 Å². The molecule has 0 radical (unpaired) electrons. The van der Waals surface area contributed by atoms with Crippen LogP contribution in [-0.2, 0) is 11.3 Å². The van der Waals surface area contributed by atoms with Gasteiger partial charge in [0.25, 0.3) is 5.91 Å². The molecule has 0 spiro atoms. The molecule has 2 aromatic carbocycles. The van der Waals surface area contributed by atoms with Crippen LogP contribution in [0.2, 0.25) is 0 Å². The van der Waals surface area contributed by atoms with E-state index in [2.05, 4.69) is 5.32 Å². The lowest BCUT2D eigenvalue weighted by Gasteiger charge is -2.10. The van der Waals surface area contributed by atoms with Gasteiger partial charge in [-0.05, 0) is 42.5 Å². The first-order valence-electron chi connectivity index (χ1n) is 6.56. The average molecular weight is 307 g/mol. The van der Waals surface area contributed by atoms with Crippen molar-refractivity contribution in [2.24, 2.45) is 0 Å². The zero-order chi connectivity index (χ0) is 15.9. The van der Waals surface area contributed by atoms with Gasteiger partial charge in [-0.1, -0.05) is 0 Å². The van der Waals surface area contributed by atoms with E-state index < -0.39 is 5.82 Å². The number of carbonyl (C=O) groups is 1. The molecule has 0 aliphatic heterocycles. The normalized spacial score (nSPS) is 10.1. The summed E-state index contributed by atoms with van der Waals surface area (Å²) in [4.78, 5) is 11.7. The predicted octanol–water partition coefficient (Wildman–Crippen LogP) is 2.67. The monoisotopic (exact) mass is 307 g/mol. The summed E-state index contributed by atoms with van der Waals surface area (Å²) in [6.45, 7) is -0.101. The lowest BCUT2D eigenvalue weighted by Crippen LogP contribution is -2.28. The van der Waals surface area contributed by atoms with Gasteiger partial charge in [-0.3, -0.25) is 4.79 Å². The summed E-state index contributed by atoms with van der Waals surface area (Å²) in [5, 5.41) is 2.60. The van der Waals surface area contributed by atoms with Crippen LogP contribution in [0.1, 0.15) is 5.56 Å². The van der Waals surface area contributed by atoms with Crippen molar-refractivity contribution in [3.63, 3.8) is 0 Å². The molecule has 0 heterocycles. The number of benzene rings is 2. The maximum atomic E-state index is 13.2. The van der Waals surface area contributed by atoms with Crippen molar-refractivity contribution < 1.29 is 23.0 Å². The van der Waals surface area contributed by atoms with E-state index in [0.717, 1.165) is 0 Å². The number of carbonyl (C=O) groups excluding carboxylic acids is 1. The van der Waals surface area contributed by atoms with Gasteiger partial charge in [0.1, 0.15) is 23.1 Å². The van der Waals surface area contributed by atoms with Crippen molar-refractivity contribution in [3.8, 4) is 11.5 Å². The molecule has 2 aromatic rings. The van der Waals surface area contributed by atoms with E-state index in [9.17, 15) is 13.6 Å². The highest BCUT2D eigenvalue weighted by Crippen LogP contribution is 2.19. The van der Waals surface area contributed by atoms with Crippen molar-refractivity contribution in [2.75, 3.05) is 13.7 Å². The summed E-state index contributed by atoms with van der Waals surface area (Å²) < 4.78 is 36.2. The van der Waals surface area contributed by atoms with E-state index >= 15 is 0 Å². The highest BCUT2D eigenvalue weighted by atomic mass is 19.1. The summed E-state index contributed by atoms with van der Waals surface area (Å²) in [6.07, 6.45) is 0. The molecule has 6 heteroatoms. The third kappa shape index (κ3) is 4.44. The fourth-order valence-corrected chi connectivity index (χ4v) is 1.81. The maximum absolute atomic E-state index is 13.2. The minimum Gasteiger partial charge on any atom is -0.496 e. The van der Waals surface area contributed by atoms with Crippen LogP contribution in [0.4, 0.5) is 8.78 Å². The largest absolute Gasteiger partial charge is 0.496 e. The first kappa shape index (κ1) is 15.8. The smallest absolute Gasteiger partial charge is 0.258 e. The molecule has 1 amide bonds. The Balaban J connectivity index is 1.85. The minimum absolute atomic E-state index is 0.118. The molecule has 2 rings (SSSR count). The second kappa shape index (κ2) is 7.40. The summed E-state index contributed by atoms with van der Waals surface area (Å²) in [5.74, 6) is -0.292. The van der Waals surface area contributed by atoms with Gasteiger partial charge in [0.05, 0.1) is 7.11 Å². The zero-order valence-electron chi connectivity index (χ0n) is 11.9. The van der Waals surface area contributed by atoms with E-state index in [1.54, 1.807) is 0 Å². The lowest BCUT2D eigenvalue weighted by atomic mass is 10.2. The Hall–Kier alpha value is -2.63. The minimum atomic E-state index is -0.410. The van der Waals surface area contributed by atoms with Crippen molar-refractivity contribution in [1.82, 2.24) is 5.32 Å². The fourth-order valence-electron chi connectivity index (χ4n) is 1.81. The molecule has 0 fully saturated rings. The number of rotatable bonds is 6. The van der Waals surface area contributed by atoms with Crippen LogP contribution in [0.15, 0.2) is 42.5 Å². The van der Waals surface area contributed by atoms with E-state index in [1.165, 1.54) is 49.6 Å². The first-order valence-corrected chi connectivity index (χ1v) is 6.56. The highest BCUT2D eigenvalue weighted by molar-refractivity contribution is 5.77. The SMILES string of the molecule is COc1ccc(F)cc1CNC(=O)COc1ccc(F)cc1. The van der Waals surface area contributed by atoms with Crippen LogP contribution in [-0.4, -0.2) is 19.6 Å². The molecule has 0 aliphatic rings. The van der Waals surface area contributed by atoms with E-state index in [0.29, 0.717) is 17.1 Å². The molecular weight excluding hydrogens is 292 g/mol. The number of nitrogens with one attached hydrogen (secondary N) is 1. The van der Waals surface area contributed by atoms with Gasteiger partial charge in [0.2, 0.25) is 0 Å². The number of halogens is 2. The zero-order valence-corrected chi connectivity index (χ0v) is 11.9. The summed E-state index contributed by atoms with van der Waals surface area (Å²) >= 11 is 0. The summed E-state index contributed by atoms with van der Waals surface area (Å²) in [7, 11) is 1.47. The van der Waals surface area contributed by atoms with Gasteiger partial charge < -0.3 is 14.8 Å². The molecule has 0 atom stereocenters. The van der Waals surface area contributed by atoms with Crippen LogP contribution in [0.3, 0.4) is 0 Å². The number of ether oxygens (including phenoxy) is 2. The Morgan fingerprint density at radius 1 is 1.09 bits per heavy atom. The molecule has 0 aromatic heterocycles. The molecular formula is C16H15F2NO3. The Bertz CT molecular complexity index is 644. The van der Waals surface area contributed by atoms with Crippen molar-refractivity contribution >= 4 is 5.91 Å². The predicted molar refractivity (Wildman–Crippen MR) is 76.7 cm³/mol. The highest BCUT2D eigenvalue weighted by Gasteiger charge is 2.08. The number of methoxy groups -OCH3 is 1. The van der Waals surface area contributed by atoms with Gasteiger partial charge in [-0.25, -0.2) is 8.78 Å². The van der Waals surface area contributed by atoms with Gasteiger partial charge in [0.15, 0.2) is 6.61 Å². The second-order valence-electron chi connectivity index (χ2n) is 4.48. The van der Waals surface area contributed by atoms with Gasteiger partial charge in [0, 0.05) is 12.1 Å². The van der Waals surface area contributed by atoms with Crippen LogP contribution in [0, 0.1) is 11.6 Å². The summed E-state index contributed by atoms with van der Waals surface area (Å²) in [5.41, 5.74) is 0.526. The van der Waals surface area contributed by atoms with E-state index in [4.69, 9.17) is 9.47 Å². The molecule has 22 heavy (non-hydrogen) atoms. The third-order valence-electron chi connectivity index (χ3n) is 2.90. The quantitative estimate of drug-likeness (QED) is 0.892. The van der Waals surface area contributed by atoms with Crippen molar-refractivity contribution in [2.45, 2.75) is 6.54 Å². The van der Waals surface area contributed by atoms with Gasteiger partial charge >= 0.3 is 0 Å². The Kier molecular flexibility index (Phi) is 5.30. The summed E-state index contributed by atoms with van der Waals surface area (Å²) in [6, 6.07) is 9.40. The first-order chi connectivity index (χ1) is 10.6. The third-order valence-corrected chi connectivity index (χ3v) is 2.90. The second-order valence-corrected chi connectivity index (χ2v) is 4.48. The van der Waals surface area contributed by atoms with Crippen LogP contribution < -0.4 is 14.8 Å². The molecule has 116 valence electrons. The Labute approximate surface area is 126 Å². The van der Waals surface area contributed by atoms with Crippen molar-refractivity contribution in [3.05, 3.63) is 59.7 Å². The Morgan fingerprint density at radius 3 is 2.45 bits per heavy atom. The number of amides is 1. The lowest BCUT2D eigenvalue weighted by molar-refractivity contribution is -0.123. The van der Waals surface area contributed by atoms with Crippen LogP contribution in [0.25, 0.3) is 0 Å². The standard InChI is InChI=1S/C16H15F2NO3/c1-21-15-7-4-13(18)8-11(15)9-19-16(20)10-22-14-5-2-12(17)3-6-14/h2-8H,9-10H2,1H3,(H,19,20). The fraction of sp³-hybridized carbons (Fsp3) is 0.188. The topological polar surface area (TPSA) is 47.6 Å². The average Bonchev–Trinajstić information content (AvgIpc) is 2.52. The van der Waals surface area contributed by atoms with Crippen LogP contribution >= 0.6 is 0 Å². The van der Waals surface area contributed by atoms with Gasteiger partial charge in [-0.2, -0.15) is 0 Å². The van der Waals surface area contributed by atoms with E-state index in [-0.39, 0.29) is 24.9 Å². The van der Waals surface area contributed by atoms with Crippen LogP contribution in [0.5, 0.6) is 11.5 Å². The maximum Gasteiger partial charge on any atom is 0.258 e. The molecule has 0 bridgehead atoms. The number of hydrogen-bond acceptors (Lipinski definition) is 3. The molecule has 1 N–H and O–H groups in total. The number of hydrogen-bond donors (Lipinski definition) is 1. The molecule has 0 unspecified atom stereocenters. The molecule has 4 nitrogen and oxygen atoms in total. The molecule has 0 saturated carbocycles. The molecule has 0 aliphatic carbocycles. The van der Waals surface area contributed by atoms with Crippen molar-refractivity contribution in [1.29, 1.82) is 0 Å².